The number of rotatable bonds is 16. The van der Waals surface area contributed by atoms with Gasteiger partial charge in [0.25, 0.3) is 0 Å². The second-order valence-electron chi connectivity index (χ2n) is 15.9. The average Bonchev–Trinajstić information content (AvgIpc) is 3.96. The van der Waals surface area contributed by atoms with Crippen LogP contribution < -0.4 is 15.4 Å². The number of carbonyl (C=O) groups excluding carboxylic acids is 5. The van der Waals surface area contributed by atoms with Gasteiger partial charge >= 0.3 is 12.1 Å². The molecule has 3 fully saturated rings. The first-order valence-electron chi connectivity index (χ1n) is 18.8. The fraction of sp³-hybridized carbons (Fsp3) is 0.658. The Kier molecular flexibility index (Phi) is 12.2. The molecule has 0 aromatic heterocycles. The molecule has 2 aliphatic heterocycles. The summed E-state index contributed by atoms with van der Waals surface area (Å²) in [5, 5.41) is 5.21. The predicted octanol–water partition coefficient (Wildman–Crippen LogP) is 4.83. The molecule has 2 aliphatic carbocycles. The third-order valence-corrected chi connectivity index (χ3v) is 13.0. The van der Waals surface area contributed by atoms with E-state index in [2.05, 4.69) is 15.4 Å². The van der Waals surface area contributed by atoms with Crippen LogP contribution in [0.3, 0.4) is 0 Å². The number of sulfonamides is 1. The van der Waals surface area contributed by atoms with Crippen LogP contribution in [0.5, 0.6) is 0 Å². The summed E-state index contributed by atoms with van der Waals surface area (Å²) in [7, 11) is -3.58. The molecule has 292 valence electrons. The number of ketones is 1. The molecule has 1 unspecified atom stereocenters. The van der Waals surface area contributed by atoms with E-state index in [1.54, 1.807) is 32.9 Å². The average molecular weight is 760 g/mol. The van der Waals surface area contributed by atoms with E-state index in [-0.39, 0.29) is 43.6 Å². The molecule has 1 saturated heterocycles. The molecule has 13 nitrogen and oxygen atoms in total. The van der Waals surface area contributed by atoms with Crippen molar-refractivity contribution in [3.05, 3.63) is 47.3 Å². The Hall–Kier alpha value is -4.01. The van der Waals surface area contributed by atoms with Crippen LogP contribution in [0.25, 0.3) is 0 Å². The SMILES string of the molecule is CCC(C)(C)OC(=O)N[C@@H](CCCCC/C=C\[C@@H]1C[C@]1(C)C(=O)NS(=O)(=O)C1CC1)C(=O)N1CC(NC(=O)N2Cc3cccc(F)c3C2)C[C@H]1C(C)=O. The Morgan fingerprint density at radius 3 is 2.51 bits per heavy atom. The summed E-state index contributed by atoms with van der Waals surface area (Å²) in [6, 6.07) is 2.07. The molecule has 0 bridgehead atoms. The van der Waals surface area contributed by atoms with E-state index in [0.29, 0.717) is 44.1 Å². The van der Waals surface area contributed by atoms with Crippen LogP contribution in [-0.2, 0) is 42.2 Å². The molecule has 5 atom stereocenters. The maximum absolute atomic E-state index is 14.3. The van der Waals surface area contributed by atoms with E-state index in [0.717, 1.165) is 24.8 Å². The Morgan fingerprint density at radius 1 is 1.11 bits per heavy atom. The number of nitrogens with zero attached hydrogens (tertiary/aromatic N) is 2. The first-order chi connectivity index (χ1) is 24.9. The number of fused-ring (bicyclic) bond motifs is 1. The summed E-state index contributed by atoms with van der Waals surface area (Å²) in [5.74, 6) is -1.51. The molecular weight excluding hydrogens is 706 g/mol. The highest BCUT2D eigenvalue weighted by molar-refractivity contribution is 7.90. The van der Waals surface area contributed by atoms with Gasteiger partial charge in [-0.15, -0.1) is 0 Å². The highest BCUT2D eigenvalue weighted by atomic mass is 32.2. The molecular formula is C38H54FN5O8S. The molecule has 0 spiro atoms. The lowest BCUT2D eigenvalue weighted by molar-refractivity contribution is -0.138. The second-order valence-corrected chi connectivity index (χ2v) is 17.9. The van der Waals surface area contributed by atoms with E-state index in [1.807, 2.05) is 19.1 Å². The van der Waals surface area contributed by atoms with Crippen molar-refractivity contribution < 1.29 is 41.5 Å². The molecule has 5 amide bonds. The van der Waals surface area contributed by atoms with Crippen molar-refractivity contribution in [1.82, 2.24) is 25.2 Å². The van der Waals surface area contributed by atoms with Gasteiger partial charge < -0.3 is 25.2 Å². The number of urea groups is 1. The van der Waals surface area contributed by atoms with Gasteiger partial charge in [0.15, 0.2) is 5.78 Å². The summed E-state index contributed by atoms with van der Waals surface area (Å²) in [5.41, 5.74) is -0.268. The molecule has 0 radical (unpaired) electrons. The van der Waals surface area contributed by atoms with Crippen molar-refractivity contribution >= 4 is 39.7 Å². The quantitative estimate of drug-likeness (QED) is 0.159. The van der Waals surface area contributed by atoms with Crippen molar-refractivity contribution in [1.29, 1.82) is 0 Å². The van der Waals surface area contributed by atoms with E-state index >= 15 is 0 Å². The van der Waals surface area contributed by atoms with Crippen molar-refractivity contribution in [3.63, 3.8) is 0 Å². The maximum Gasteiger partial charge on any atom is 0.408 e. The van der Waals surface area contributed by atoms with Gasteiger partial charge in [-0.3, -0.25) is 19.1 Å². The predicted molar refractivity (Wildman–Crippen MR) is 195 cm³/mol. The summed E-state index contributed by atoms with van der Waals surface area (Å²) in [6.07, 6.45) is 8.92. The normalized spacial score (nSPS) is 24.5. The number of nitrogens with one attached hydrogen (secondary N) is 3. The summed E-state index contributed by atoms with van der Waals surface area (Å²) in [6.45, 7) is 9.07. The Labute approximate surface area is 311 Å². The van der Waals surface area contributed by atoms with Gasteiger partial charge in [0.05, 0.1) is 29.3 Å². The van der Waals surface area contributed by atoms with Crippen molar-refractivity contribution in [3.8, 4) is 0 Å². The van der Waals surface area contributed by atoms with Crippen molar-refractivity contribution in [2.75, 3.05) is 6.54 Å². The maximum atomic E-state index is 14.3. The Morgan fingerprint density at radius 2 is 1.85 bits per heavy atom. The molecule has 2 heterocycles. The zero-order valence-corrected chi connectivity index (χ0v) is 32.2. The molecule has 3 N–H and O–H groups in total. The number of hydrogen-bond donors (Lipinski definition) is 3. The monoisotopic (exact) mass is 759 g/mol. The van der Waals surface area contributed by atoms with Crippen molar-refractivity contribution in [2.24, 2.45) is 11.3 Å². The smallest absolute Gasteiger partial charge is 0.408 e. The van der Waals surface area contributed by atoms with Gasteiger partial charge in [-0.2, -0.15) is 0 Å². The number of carbonyl (C=O) groups is 5. The molecule has 53 heavy (non-hydrogen) atoms. The minimum absolute atomic E-state index is 0.0283. The number of halogens is 1. The number of Topliss-reactive ketones (excluding diaryl/α,β-unsaturated/α-hetero) is 1. The van der Waals surface area contributed by atoms with Crippen LogP contribution in [0, 0.1) is 17.2 Å². The first kappa shape index (κ1) is 40.2. The van der Waals surface area contributed by atoms with E-state index in [1.165, 1.54) is 22.8 Å². The first-order valence-corrected chi connectivity index (χ1v) is 20.3. The van der Waals surface area contributed by atoms with Gasteiger partial charge in [-0.1, -0.05) is 51.0 Å². The lowest BCUT2D eigenvalue weighted by Gasteiger charge is -2.29. The molecule has 1 aromatic carbocycles. The molecule has 15 heteroatoms. The van der Waals surface area contributed by atoms with Crippen LogP contribution in [0.1, 0.15) is 110 Å². The zero-order valence-electron chi connectivity index (χ0n) is 31.4. The number of ether oxygens (including phenoxy) is 1. The lowest BCUT2D eigenvalue weighted by atomic mass is 10.0. The highest BCUT2D eigenvalue weighted by Crippen LogP contribution is 2.53. The van der Waals surface area contributed by atoms with Gasteiger partial charge in [0, 0.05) is 18.7 Å². The van der Waals surface area contributed by atoms with Gasteiger partial charge in [0.2, 0.25) is 21.8 Å². The second kappa shape index (κ2) is 16.2. The largest absolute Gasteiger partial charge is 0.444 e. The van der Waals surface area contributed by atoms with Crippen LogP contribution in [0.15, 0.2) is 30.4 Å². The molecule has 1 aromatic rings. The minimum Gasteiger partial charge on any atom is -0.444 e. The number of alkyl carbamates (subject to hydrolysis) is 1. The third-order valence-electron chi connectivity index (χ3n) is 11.2. The molecule has 4 aliphatic rings. The van der Waals surface area contributed by atoms with Crippen LogP contribution in [-0.4, -0.2) is 83.5 Å². The minimum atomic E-state index is -3.58. The Balaban J connectivity index is 1.13. The summed E-state index contributed by atoms with van der Waals surface area (Å²) < 4.78 is 46.5. The van der Waals surface area contributed by atoms with Crippen LogP contribution in [0.4, 0.5) is 14.0 Å². The van der Waals surface area contributed by atoms with E-state index < -0.39 is 68.4 Å². The van der Waals surface area contributed by atoms with Crippen LogP contribution in [0.2, 0.25) is 0 Å². The number of unbranched alkanes of at least 4 members (excludes halogenated alkanes) is 3. The number of allylic oxidation sites excluding steroid dienone is 2. The summed E-state index contributed by atoms with van der Waals surface area (Å²) >= 11 is 0. The zero-order chi connectivity index (χ0) is 38.7. The standard InChI is InChI=1S/C38H54FN5O8S/c1-6-37(3,4)52-36(49)41-31(16-11-9-7-8-10-14-26-20-38(26,5)34(47)42-53(50,51)28-17-18-28)33(46)44-22-27(19-32(44)24(2)45)40-35(48)43-21-25-13-12-15-30(39)29(25)23-43/h10,12-15,26-28,31-32H,6-9,11,16-23H2,1-5H3,(H,40,48)(H,41,49)(H,42,47)/b14-10-/t26-,27?,31+,32+,38+/m1/s1. The number of likely N-dealkylation sites (tertiary alicyclic amines) is 1. The number of benzene rings is 1. The van der Waals surface area contributed by atoms with E-state index in [9.17, 15) is 36.8 Å². The fourth-order valence-corrected chi connectivity index (χ4v) is 8.42. The van der Waals surface area contributed by atoms with E-state index in [4.69, 9.17) is 4.74 Å². The Bertz CT molecular complexity index is 1730. The molecule has 2 saturated carbocycles. The van der Waals surface area contributed by atoms with Crippen LogP contribution >= 0.6 is 0 Å². The summed E-state index contributed by atoms with van der Waals surface area (Å²) in [4.78, 5) is 68.5. The van der Waals surface area contributed by atoms with Crippen molar-refractivity contribution in [2.45, 2.75) is 141 Å². The van der Waals surface area contributed by atoms with Gasteiger partial charge in [-0.25, -0.2) is 22.4 Å². The highest BCUT2D eigenvalue weighted by Gasteiger charge is 2.56. The van der Waals surface area contributed by atoms with Gasteiger partial charge in [-0.05, 0) is 89.7 Å². The van der Waals surface area contributed by atoms with Gasteiger partial charge in [0.1, 0.15) is 17.5 Å². The third kappa shape index (κ3) is 9.95. The topological polar surface area (TPSA) is 171 Å². The fourth-order valence-electron chi connectivity index (χ4n) is 7.01. The lowest BCUT2D eigenvalue weighted by Crippen LogP contribution is -2.52. The number of hydrogen-bond acceptors (Lipinski definition) is 8. The molecule has 5 rings (SSSR count). The number of amides is 5.